The quantitative estimate of drug-likeness (QED) is 0.400. The van der Waals surface area contributed by atoms with E-state index in [0.717, 1.165) is 19.5 Å². The number of hydrogen-bond acceptors (Lipinski definition) is 1. The SMILES string of the molecule is C=CC(=O)N1CCC[C@H](I)C1. The first-order valence-electron chi connectivity index (χ1n) is 3.79. The average molecular weight is 265 g/mol. The second kappa shape index (κ2) is 4.09. The van der Waals surface area contributed by atoms with Gasteiger partial charge >= 0.3 is 0 Å². The average Bonchev–Trinajstić information content (AvgIpc) is 2.03. The summed E-state index contributed by atoms with van der Waals surface area (Å²) in [6.07, 6.45) is 3.77. The van der Waals surface area contributed by atoms with Crippen molar-refractivity contribution < 1.29 is 4.79 Å². The Bertz CT molecular complexity index is 169. The molecule has 0 unspecified atom stereocenters. The van der Waals surface area contributed by atoms with Gasteiger partial charge in [-0.3, -0.25) is 4.79 Å². The molecule has 3 heteroatoms. The maximum absolute atomic E-state index is 11.1. The van der Waals surface area contributed by atoms with Crippen molar-refractivity contribution in [3.8, 4) is 0 Å². The lowest BCUT2D eigenvalue weighted by Gasteiger charge is -2.28. The smallest absolute Gasteiger partial charge is 0.245 e. The number of likely N-dealkylation sites (tertiary alicyclic amines) is 1. The Morgan fingerprint density at radius 2 is 2.45 bits per heavy atom. The highest BCUT2D eigenvalue weighted by atomic mass is 127. The first-order valence-corrected chi connectivity index (χ1v) is 5.04. The summed E-state index contributed by atoms with van der Waals surface area (Å²) in [5, 5.41) is 0. The molecule has 0 radical (unpaired) electrons. The summed E-state index contributed by atoms with van der Waals surface area (Å²) in [5.41, 5.74) is 0. The highest BCUT2D eigenvalue weighted by molar-refractivity contribution is 14.1. The lowest BCUT2D eigenvalue weighted by atomic mass is 10.1. The van der Waals surface area contributed by atoms with Crippen LogP contribution >= 0.6 is 22.6 Å². The molecule has 0 aromatic rings. The number of amides is 1. The number of halogens is 1. The van der Waals surface area contributed by atoms with Crippen LogP contribution in [0.25, 0.3) is 0 Å². The van der Waals surface area contributed by atoms with Crippen molar-refractivity contribution in [2.45, 2.75) is 16.8 Å². The van der Waals surface area contributed by atoms with E-state index in [-0.39, 0.29) is 5.91 Å². The Balaban J connectivity index is 2.45. The number of alkyl halides is 1. The van der Waals surface area contributed by atoms with Gasteiger partial charge in [-0.2, -0.15) is 0 Å². The molecule has 1 rings (SSSR count). The molecule has 1 aliphatic rings. The normalized spacial score (nSPS) is 24.8. The summed E-state index contributed by atoms with van der Waals surface area (Å²) in [4.78, 5) is 13.0. The van der Waals surface area contributed by atoms with Crippen molar-refractivity contribution in [2.24, 2.45) is 0 Å². The highest BCUT2D eigenvalue weighted by Gasteiger charge is 2.19. The first kappa shape index (κ1) is 9.03. The van der Waals surface area contributed by atoms with E-state index in [1.54, 1.807) is 0 Å². The molecule has 1 aliphatic heterocycles. The lowest BCUT2D eigenvalue weighted by molar-refractivity contribution is -0.126. The van der Waals surface area contributed by atoms with Gasteiger partial charge in [-0.1, -0.05) is 29.2 Å². The van der Waals surface area contributed by atoms with E-state index in [1.807, 2.05) is 4.90 Å². The molecule has 0 saturated carbocycles. The van der Waals surface area contributed by atoms with Crippen molar-refractivity contribution in [1.29, 1.82) is 0 Å². The minimum atomic E-state index is 0.0753. The van der Waals surface area contributed by atoms with Crippen LogP contribution in [0.15, 0.2) is 12.7 Å². The number of carbonyl (C=O) groups excluding carboxylic acids is 1. The Kier molecular flexibility index (Phi) is 3.36. The summed E-state index contributed by atoms with van der Waals surface area (Å²) < 4.78 is 0.630. The third kappa shape index (κ3) is 2.47. The monoisotopic (exact) mass is 265 g/mol. The number of piperidine rings is 1. The summed E-state index contributed by atoms with van der Waals surface area (Å²) in [6, 6.07) is 0. The predicted molar refractivity (Wildman–Crippen MR) is 53.8 cm³/mol. The third-order valence-corrected chi connectivity index (χ3v) is 2.87. The van der Waals surface area contributed by atoms with Crippen molar-refractivity contribution in [3.63, 3.8) is 0 Å². The molecule has 11 heavy (non-hydrogen) atoms. The summed E-state index contributed by atoms with van der Waals surface area (Å²) in [6.45, 7) is 5.27. The zero-order chi connectivity index (χ0) is 8.27. The highest BCUT2D eigenvalue weighted by Crippen LogP contribution is 2.17. The van der Waals surface area contributed by atoms with Crippen LogP contribution in [0.4, 0.5) is 0 Å². The number of rotatable bonds is 1. The van der Waals surface area contributed by atoms with Crippen LogP contribution in [0.1, 0.15) is 12.8 Å². The second-order valence-corrected chi connectivity index (χ2v) is 4.49. The van der Waals surface area contributed by atoms with E-state index in [0.29, 0.717) is 3.92 Å². The molecule has 1 amide bonds. The Morgan fingerprint density at radius 1 is 1.73 bits per heavy atom. The fourth-order valence-corrected chi connectivity index (χ4v) is 2.17. The Hall–Kier alpha value is -0.0600. The summed E-state index contributed by atoms with van der Waals surface area (Å²) in [7, 11) is 0. The molecule has 0 bridgehead atoms. The van der Waals surface area contributed by atoms with Gasteiger partial charge in [0.15, 0.2) is 0 Å². The van der Waals surface area contributed by atoms with Gasteiger partial charge in [-0.25, -0.2) is 0 Å². The van der Waals surface area contributed by atoms with Gasteiger partial charge < -0.3 is 4.90 Å². The number of hydrogen-bond donors (Lipinski definition) is 0. The van der Waals surface area contributed by atoms with Crippen LogP contribution < -0.4 is 0 Å². The fourth-order valence-electron chi connectivity index (χ4n) is 1.25. The largest absolute Gasteiger partial charge is 0.338 e. The molecule has 2 nitrogen and oxygen atoms in total. The van der Waals surface area contributed by atoms with Crippen LogP contribution in [0, 0.1) is 0 Å². The summed E-state index contributed by atoms with van der Waals surface area (Å²) in [5.74, 6) is 0.0753. The van der Waals surface area contributed by atoms with Gasteiger partial charge in [0.1, 0.15) is 0 Å². The molecule has 0 spiro atoms. The fraction of sp³-hybridized carbons (Fsp3) is 0.625. The zero-order valence-corrected chi connectivity index (χ0v) is 8.58. The van der Waals surface area contributed by atoms with Gasteiger partial charge in [0, 0.05) is 17.0 Å². The van der Waals surface area contributed by atoms with Gasteiger partial charge in [-0.05, 0) is 18.9 Å². The zero-order valence-electron chi connectivity index (χ0n) is 6.42. The third-order valence-electron chi connectivity index (χ3n) is 1.85. The van der Waals surface area contributed by atoms with Crippen LogP contribution in [-0.4, -0.2) is 27.8 Å². The van der Waals surface area contributed by atoms with Crippen LogP contribution in [0.5, 0.6) is 0 Å². The van der Waals surface area contributed by atoms with Crippen LogP contribution in [0.3, 0.4) is 0 Å². The van der Waals surface area contributed by atoms with E-state index < -0.39 is 0 Å². The summed E-state index contributed by atoms with van der Waals surface area (Å²) >= 11 is 2.39. The molecular weight excluding hydrogens is 253 g/mol. The second-order valence-electron chi connectivity index (χ2n) is 2.73. The maximum Gasteiger partial charge on any atom is 0.245 e. The molecule has 0 aromatic heterocycles. The van der Waals surface area contributed by atoms with E-state index in [9.17, 15) is 4.79 Å². The van der Waals surface area contributed by atoms with Gasteiger partial charge in [0.05, 0.1) is 0 Å². The van der Waals surface area contributed by atoms with Gasteiger partial charge in [0.2, 0.25) is 5.91 Å². The molecular formula is C8H12INO. The van der Waals surface area contributed by atoms with E-state index in [2.05, 4.69) is 29.2 Å². The number of carbonyl (C=O) groups is 1. The van der Waals surface area contributed by atoms with Crippen molar-refractivity contribution in [3.05, 3.63) is 12.7 Å². The maximum atomic E-state index is 11.1. The lowest BCUT2D eigenvalue weighted by Crippen LogP contribution is -2.39. The Labute approximate surface area is 80.8 Å². The van der Waals surface area contributed by atoms with E-state index in [4.69, 9.17) is 0 Å². The molecule has 1 atom stereocenters. The molecule has 1 fully saturated rings. The Morgan fingerprint density at radius 3 is 3.00 bits per heavy atom. The molecule has 0 aliphatic carbocycles. The molecule has 0 aromatic carbocycles. The van der Waals surface area contributed by atoms with E-state index >= 15 is 0 Å². The van der Waals surface area contributed by atoms with Crippen molar-refractivity contribution in [1.82, 2.24) is 4.90 Å². The van der Waals surface area contributed by atoms with Gasteiger partial charge in [-0.15, -0.1) is 0 Å². The minimum absolute atomic E-state index is 0.0753. The predicted octanol–water partition coefficient (Wildman–Crippen LogP) is 1.60. The van der Waals surface area contributed by atoms with Crippen molar-refractivity contribution >= 4 is 28.5 Å². The molecule has 62 valence electrons. The topological polar surface area (TPSA) is 20.3 Å². The van der Waals surface area contributed by atoms with E-state index in [1.165, 1.54) is 12.5 Å². The minimum Gasteiger partial charge on any atom is -0.338 e. The molecule has 0 N–H and O–H groups in total. The number of nitrogens with zero attached hydrogens (tertiary/aromatic N) is 1. The molecule has 1 heterocycles. The standard InChI is InChI=1S/C8H12INO/c1-2-8(11)10-5-3-4-7(9)6-10/h2,7H,1,3-6H2/t7-/m0/s1. The van der Waals surface area contributed by atoms with Crippen LogP contribution in [-0.2, 0) is 4.79 Å². The van der Waals surface area contributed by atoms with Crippen molar-refractivity contribution in [2.75, 3.05) is 13.1 Å². The van der Waals surface area contributed by atoms with Gasteiger partial charge in [0.25, 0.3) is 0 Å². The van der Waals surface area contributed by atoms with Crippen LogP contribution in [0.2, 0.25) is 0 Å². The first-order chi connectivity index (χ1) is 5.24. The molecule has 1 saturated heterocycles.